The number of hydrogen-bond acceptors (Lipinski definition) is 6. The minimum Gasteiger partial charge on any atom is -0.383 e. The number of hydrazone groups is 1. The predicted octanol–water partition coefficient (Wildman–Crippen LogP) is 1.37. The van der Waals surface area contributed by atoms with Gasteiger partial charge in [-0.1, -0.05) is 12.8 Å². The first-order chi connectivity index (χ1) is 12.6. The molecule has 140 valence electrons. The largest absolute Gasteiger partial charge is 0.383 e. The van der Waals surface area contributed by atoms with Crippen molar-refractivity contribution in [3.8, 4) is 0 Å². The fourth-order valence-electron chi connectivity index (χ4n) is 3.50. The molecule has 1 aliphatic carbocycles. The second kappa shape index (κ2) is 7.96. The van der Waals surface area contributed by atoms with Gasteiger partial charge in [-0.15, -0.1) is 11.3 Å². The molecule has 9 heteroatoms. The van der Waals surface area contributed by atoms with Crippen molar-refractivity contribution < 1.29 is 9.53 Å². The summed E-state index contributed by atoms with van der Waals surface area (Å²) in [5.74, 6) is 0. The first-order valence-corrected chi connectivity index (χ1v) is 9.41. The van der Waals surface area contributed by atoms with Gasteiger partial charge in [-0.25, -0.2) is 10.2 Å². The van der Waals surface area contributed by atoms with Gasteiger partial charge in [-0.05, 0) is 25.3 Å². The summed E-state index contributed by atoms with van der Waals surface area (Å²) in [6.45, 7) is 2.60. The number of nitrogens with one attached hydrogen (secondary N) is 1. The maximum Gasteiger partial charge on any atom is 0.332 e. The molecule has 0 saturated heterocycles. The van der Waals surface area contributed by atoms with E-state index in [1.54, 1.807) is 11.7 Å². The summed E-state index contributed by atoms with van der Waals surface area (Å²) in [4.78, 5) is 37.9. The molecule has 0 unspecified atom stereocenters. The zero-order valence-corrected chi connectivity index (χ0v) is 15.7. The monoisotopic (exact) mass is 378 g/mol. The van der Waals surface area contributed by atoms with Crippen LogP contribution >= 0.6 is 11.3 Å². The normalized spacial score (nSPS) is 15.3. The Hall–Kier alpha value is -2.26. The fourth-order valence-corrected chi connectivity index (χ4v) is 4.69. The van der Waals surface area contributed by atoms with E-state index >= 15 is 0 Å². The van der Waals surface area contributed by atoms with Crippen molar-refractivity contribution in [1.82, 2.24) is 14.6 Å². The van der Waals surface area contributed by atoms with Gasteiger partial charge in [-0.3, -0.25) is 18.7 Å². The third-order valence-electron chi connectivity index (χ3n) is 4.80. The third kappa shape index (κ3) is 3.24. The average molecular weight is 378 g/mol. The summed E-state index contributed by atoms with van der Waals surface area (Å²) in [7, 11) is 1.58. The molecule has 2 aromatic rings. The summed E-state index contributed by atoms with van der Waals surface area (Å²) in [6.07, 6.45) is 5.74. The van der Waals surface area contributed by atoms with E-state index in [0.29, 0.717) is 29.8 Å². The second-order valence-corrected chi connectivity index (χ2v) is 7.35. The maximum absolute atomic E-state index is 13.1. The lowest BCUT2D eigenvalue weighted by atomic mass is 10.2. The zero-order chi connectivity index (χ0) is 18.7. The van der Waals surface area contributed by atoms with Crippen molar-refractivity contribution >= 4 is 34.2 Å². The van der Waals surface area contributed by atoms with E-state index < -0.39 is 0 Å². The number of hydrogen-bond donors (Lipinski definition) is 1. The van der Waals surface area contributed by atoms with Crippen LogP contribution in [0.15, 0.2) is 14.7 Å². The molecule has 2 aromatic heterocycles. The molecule has 0 aromatic carbocycles. The molecule has 2 heterocycles. The van der Waals surface area contributed by atoms with Crippen LogP contribution in [0, 0.1) is 6.92 Å². The maximum atomic E-state index is 13.1. The van der Waals surface area contributed by atoms with Crippen LogP contribution in [0.4, 0.5) is 0 Å². The number of methoxy groups -OCH3 is 1. The summed E-state index contributed by atoms with van der Waals surface area (Å²) in [5, 5.41) is 4.35. The Morgan fingerprint density at radius 3 is 2.73 bits per heavy atom. The number of carbonyl (C=O) groups is 1. The fraction of sp³-hybridized carbons (Fsp3) is 0.529. The molecule has 0 atom stereocenters. The summed E-state index contributed by atoms with van der Waals surface area (Å²) in [5.41, 5.74) is 2.48. The number of rotatable bonds is 7. The van der Waals surface area contributed by atoms with Crippen molar-refractivity contribution in [3.63, 3.8) is 0 Å². The number of fused-ring (bicyclic) bond motifs is 1. The highest BCUT2D eigenvalue weighted by molar-refractivity contribution is 7.20. The lowest BCUT2D eigenvalue weighted by molar-refractivity contribution is -0.109. The minimum absolute atomic E-state index is 0.0404. The van der Waals surface area contributed by atoms with Crippen molar-refractivity contribution in [2.75, 3.05) is 13.7 Å². The number of amides is 1. The highest BCUT2D eigenvalue weighted by Gasteiger charge is 2.25. The molecule has 0 radical (unpaired) electrons. The first-order valence-electron chi connectivity index (χ1n) is 8.59. The summed E-state index contributed by atoms with van der Waals surface area (Å²) >= 11 is 1.32. The van der Waals surface area contributed by atoms with Gasteiger partial charge >= 0.3 is 5.69 Å². The third-order valence-corrected chi connectivity index (χ3v) is 6.05. The highest BCUT2D eigenvalue weighted by Crippen LogP contribution is 2.30. The molecule has 26 heavy (non-hydrogen) atoms. The topological polar surface area (TPSA) is 94.7 Å². The molecule has 1 N–H and O–H groups in total. The molecular formula is C17H22N4O4S. The van der Waals surface area contributed by atoms with Crippen LogP contribution in [0.2, 0.25) is 0 Å². The number of aryl methyl sites for hydroxylation is 1. The predicted molar refractivity (Wildman–Crippen MR) is 101 cm³/mol. The van der Waals surface area contributed by atoms with Crippen molar-refractivity contribution in [1.29, 1.82) is 0 Å². The van der Waals surface area contributed by atoms with Gasteiger partial charge in [-0.2, -0.15) is 5.10 Å². The standard InChI is InChI=1S/C17H22N4O4S/c1-11-13(9-18-19-10-22)26-16-14(11)15(23)21(12-5-3-4-6-12)17(24)20(16)7-8-25-2/h9-10,12H,3-8H2,1-2H3,(H,19,22)/b18-9+. The van der Waals surface area contributed by atoms with Gasteiger partial charge in [0, 0.05) is 13.2 Å². The van der Waals surface area contributed by atoms with Gasteiger partial charge in [0.1, 0.15) is 4.83 Å². The van der Waals surface area contributed by atoms with E-state index in [9.17, 15) is 14.4 Å². The number of carbonyl (C=O) groups excluding carboxylic acids is 1. The number of nitrogens with zero attached hydrogens (tertiary/aromatic N) is 3. The molecule has 1 fully saturated rings. The van der Waals surface area contributed by atoms with Crippen LogP contribution < -0.4 is 16.7 Å². The lowest BCUT2D eigenvalue weighted by Gasteiger charge is -2.16. The lowest BCUT2D eigenvalue weighted by Crippen LogP contribution is -2.42. The number of ether oxygens (including phenoxy) is 1. The molecule has 1 amide bonds. The van der Waals surface area contributed by atoms with E-state index in [-0.39, 0.29) is 17.3 Å². The van der Waals surface area contributed by atoms with Crippen LogP contribution in [-0.4, -0.2) is 35.5 Å². The Labute approximate surface area is 154 Å². The van der Waals surface area contributed by atoms with E-state index in [2.05, 4.69) is 10.5 Å². The van der Waals surface area contributed by atoms with Gasteiger partial charge in [0.25, 0.3) is 5.56 Å². The van der Waals surface area contributed by atoms with Gasteiger partial charge in [0.2, 0.25) is 6.41 Å². The van der Waals surface area contributed by atoms with E-state index in [0.717, 1.165) is 36.1 Å². The highest BCUT2D eigenvalue weighted by atomic mass is 32.1. The number of aromatic nitrogens is 2. The quantitative estimate of drug-likeness (QED) is 0.447. The van der Waals surface area contributed by atoms with Crippen molar-refractivity contribution in [3.05, 3.63) is 31.3 Å². The van der Waals surface area contributed by atoms with Crippen LogP contribution in [0.1, 0.15) is 42.2 Å². The van der Waals surface area contributed by atoms with Crippen LogP contribution in [-0.2, 0) is 16.1 Å². The molecule has 0 bridgehead atoms. The average Bonchev–Trinajstić information content (AvgIpc) is 3.24. The van der Waals surface area contributed by atoms with E-state index in [1.165, 1.54) is 22.1 Å². The smallest absolute Gasteiger partial charge is 0.332 e. The Morgan fingerprint density at radius 2 is 2.08 bits per heavy atom. The second-order valence-electron chi connectivity index (χ2n) is 6.32. The van der Waals surface area contributed by atoms with Crippen molar-refractivity contribution in [2.45, 2.75) is 45.2 Å². The molecule has 8 nitrogen and oxygen atoms in total. The van der Waals surface area contributed by atoms with E-state index in [1.807, 2.05) is 6.92 Å². The molecule has 0 spiro atoms. The SMILES string of the molecule is COCCn1c(=O)n(C2CCCC2)c(=O)c2c(C)c(/C=N/NC=O)sc21. The van der Waals surface area contributed by atoms with Crippen molar-refractivity contribution in [2.24, 2.45) is 5.10 Å². The van der Waals surface area contributed by atoms with Crippen LogP contribution in [0.5, 0.6) is 0 Å². The Bertz CT molecular complexity index is 950. The summed E-state index contributed by atoms with van der Waals surface area (Å²) in [6, 6.07) is -0.0404. The molecule has 3 rings (SSSR count). The van der Waals surface area contributed by atoms with Gasteiger partial charge < -0.3 is 4.74 Å². The van der Waals surface area contributed by atoms with Gasteiger partial charge in [0.15, 0.2) is 0 Å². The van der Waals surface area contributed by atoms with Crippen LogP contribution in [0.25, 0.3) is 10.2 Å². The Morgan fingerprint density at radius 1 is 1.35 bits per heavy atom. The van der Waals surface area contributed by atoms with Crippen LogP contribution in [0.3, 0.4) is 0 Å². The molecule has 1 saturated carbocycles. The Balaban J connectivity index is 2.26. The minimum atomic E-state index is -0.276. The Kier molecular flexibility index (Phi) is 5.67. The zero-order valence-electron chi connectivity index (χ0n) is 14.9. The number of thiophene rings is 1. The van der Waals surface area contributed by atoms with Gasteiger partial charge in [0.05, 0.1) is 29.6 Å². The molecular weight excluding hydrogens is 356 g/mol. The molecule has 0 aliphatic heterocycles. The first kappa shape index (κ1) is 18.5. The molecule has 1 aliphatic rings. The van der Waals surface area contributed by atoms with E-state index in [4.69, 9.17) is 4.74 Å². The summed E-state index contributed by atoms with van der Waals surface area (Å²) < 4.78 is 8.20.